The van der Waals surface area contributed by atoms with Crippen LogP contribution in [-0.2, 0) is 10.0 Å². The highest BCUT2D eigenvalue weighted by molar-refractivity contribution is 7.88. The van der Waals surface area contributed by atoms with Gasteiger partial charge in [0.15, 0.2) is 0 Å². The van der Waals surface area contributed by atoms with Crippen LogP contribution in [0.2, 0.25) is 0 Å². The van der Waals surface area contributed by atoms with Gasteiger partial charge in [0.05, 0.1) is 26.5 Å². The molecule has 1 rings (SSSR count). The van der Waals surface area contributed by atoms with E-state index in [9.17, 15) is 13.2 Å². The van der Waals surface area contributed by atoms with E-state index in [1.807, 2.05) is 5.43 Å². The summed E-state index contributed by atoms with van der Waals surface area (Å²) in [5.41, 5.74) is 1.90. The second-order valence-corrected chi connectivity index (χ2v) is 4.98. The summed E-state index contributed by atoms with van der Waals surface area (Å²) in [6.45, 7) is 0. The van der Waals surface area contributed by atoms with Crippen molar-refractivity contribution in [3.8, 4) is 11.8 Å². The van der Waals surface area contributed by atoms with Crippen molar-refractivity contribution in [1.29, 1.82) is 0 Å². The quantitative estimate of drug-likeness (QED) is 0.598. The maximum Gasteiger partial charge on any atom is 0.336 e. The molecule has 0 saturated heterocycles. The van der Waals surface area contributed by atoms with Crippen molar-refractivity contribution in [2.24, 2.45) is 0 Å². The highest BCUT2D eigenvalue weighted by atomic mass is 32.2. The van der Waals surface area contributed by atoms with E-state index in [0.29, 0.717) is 0 Å². The fourth-order valence-electron chi connectivity index (χ4n) is 0.941. The van der Waals surface area contributed by atoms with Gasteiger partial charge in [-0.15, -0.1) is 4.83 Å². The molecular weight excluding hydrogens is 278 g/mol. The van der Waals surface area contributed by atoms with Crippen LogP contribution in [0.25, 0.3) is 0 Å². The first-order valence-electron chi connectivity index (χ1n) is 4.85. The molecule has 0 aliphatic rings. The minimum absolute atomic E-state index is 0.107. The van der Waals surface area contributed by atoms with Crippen LogP contribution in [0.1, 0.15) is 0 Å². The lowest BCUT2D eigenvalue weighted by Gasteiger charge is -2.08. The van der Waals surface area contributed by atoms with Crippen molar-refractivity contribution in [3.05, 3.63) is 6.07 Å². The molecule has 0 radical (unpaired) electrons. The van der Waals surface area contributed by atoms with Gasteiger partial charge in [-0.3, -0.25) is 10.7 Å². The van der Waals surface area contributed by atoms with Gasteiger partial charge in [0, 0.05) is 0 Å². The molecule has 0 bridgehead atoms. The predicted octanol–water partition coefficient (Wildman–Crippen LogP) is -0.920. The van der Waals surface area contributed by atoms with Gasteiger partial charge in [-0.05, 0) is 0 Å². The Morgan fingerprint density at radius 3 is 2.16 bits per heavy atom. The van der Waals surface area contributed by atoms with Crippen LogP contribution in [0, 0.1) is 0 Å². The number of anilines is 1. The SMILES string of the molecule is COc1cc(OC)nc(NC(=O)NNS(C)(=O)=O)n1. The molecular formula is C8H13N5O5S. The smallest absolute Gasteiger partial charge is 0.336 e. The summed E-state index contributed by atoms with van der Waals surface area (Å²) < 4.78 is 31.3. The van der Waals surface area contributed by atoms with Gasteiger partial charge in [0.25, 0.3) is 0 Å². The minimum atomic E-state index is -3.55. The average molecular weight is 291 g/mol. The molecule has 1 aromatic rings. The highest BCUT2D eigenvalue weighted by Gasteiger charge is 2.10. The fraction of sp³-hybridized carbons (Fsp3) is 0.375. The first-order valence-corrected chi connectivity index (χ1v) is 6.74. The van der Waals surface area contributed by atoms with E-state index < -0.39 is 16.1 Å². The number of rotatable bonds is 5. The second kappa shape index (κ2) is 6.15. The third-order valence-corrected chi connectivity index (χ3v) is 2.15. The molecule has 1 aromatic heterocycles. The number of hydrogen-bond donors (Lipinski definition) is 3. The van der Waals surface area contributed by atoms with Crippen LogP contribution in [0.5, 0.6) is 11.8 Å². The molecule has 3 N–H and O–H groups in total. The summed E-state index contributed by atoms with van der Waals surface area (Å²) in [6.07, 6.45) is 0.887. The number of sulfonamides is 1. The average Bonchev–Trinajstić information content (AvgIpc) is 2.35. The molecule has 10 nitrogen and oxygen atoms in total. The molecule has 1 heterocycles. The largest absolute Gasteiger partial charge is 0.481 e. The van der Waals surface area contributed by atoms with Gasteiger partial charge in [0.2, 0.25) is 27.7 Å². The summed E-state index contributed by atoms with van der Waals surface area (Å²) in [5.74, 6) is 0.250. The molecule has 0 aliphatic heterocycles. The Labute approximate surface area is 109 Å². The van der Waals surface area contributed by atoms with Gasteiger partial charge in [-0.1, -0.05) is 0 Å². The van der Waals surface area contributed by atoms with Crippen LogP contribution in [-0.4, -0.2) is 44.9 Å². The van der Waals surface area contributed by atoms with Crippen molar-refractivity contribution in [3.63, 3.8) is 0 Å². The molecule has 106 valence electrons. The molecule has 2 amide bonds. The van der Waals surface area contributed by atoms with Crippen molar-refractivity contribution in [1.82, 2.24) is 20.2 Å². The molecule has 19 heavy (non-hydrogen) atoms. The van der Waals surface area contributed by atoms with Crippen molar-refractivity contribution >= 4 is 22.0 Å². The third-order valence-electron chi connectivity index (χ3n) is 1.67. The Balaban J connectivity index is 2.73. The summed E-state index contributed by atoms with van der Waals surface area (Å²) >= 11 is 0. The maximum atomic E-state index is 11.3. The van der Waals surface area contributed by atoms with Crippen molar-refractivity contribution < 1.29 is 22.7 Å². The lowest BCUT2D eigenvalue weighted by Crippen LogP contribution is -2.43. The zero-order chi connectivity index (χ0) is 14.5. The lowest BCUT2D eigenvalue weighted by atomic mass is 10.6. The van der Waals surface area contributed by atoms with Gasteiger partial charge < -0.3 is 9.47 Å². The summed E-state index contributed by atoms with van der Waals surface area (Å²) in [4.78, 5) is 20.8. The van der Waals surface area contributed by atoms with Crippen molar-refractivity contribution in [2.45, 2.75) is 0 Å². The Bertz CT molecular complexity index is 538. The molecule has 11 heteroatoms. The Hall–Kier alpha value is -2.14. The molecule has 0 aromatic carbocycles. The van der Waals surface area contributed by atoms with E-state index in [1.165, 1.54) is 20.3 Å². The van der Waals surface area contributed by atoms with Crippen LogP contribution in [0.4, 0.5) is 10.7 Å². The Morgan fingerprint density at radius 2 is 1.74 bits per heavy atom. The third kappa shape index (κ3) is 5.35. The number of nitrogens with one attached hydrogen (secondary N) is 3. The molecule has 0 spiro atoms. The van der Waals surface area contributed by atoms with Crippen LogP contribution >= 0.6 is 0 Å². The van der Waals surface area contributed by atoms with E-state index in [0.717, 1.165) is 6.26 Å². The van der Waals surface area contributed by atoms with Gasteiger partial charge in [-0.2, -0.15) is 9.97 Å². The Morgan fingerprint density at radius 1 is 1.21 bits per heavy atom. The molecule has 0 aliphatic carbocycles. The predicted molar refractivity (Wildman–Crippen MR) is 65.3 cm³/mol. The molecule has 0 unspecified atom stereocenters. The van der Waals surface area contributed by atoms with Crippen molar-refractivity contribution in [2.75, 3.05) is 25.8 Å². The second-order valence-electron chi connectivity index (χ2n) is 3.23. The minimum Gasteiger partial charge on any atom is -0.481 e. The number of nitrogens with zero attached hydrogens (tertiary/aromatic N) is 2. The van der Waals surface area contributed by atoms with E-state index in [2.05, 4.69) is 15.3 Å². The van der Waals surface area contributed by atoms with E-state index in [1.54, 1.807) is 4.83 Å². The van der Waals surface area contributed by atoms with E-state index in [4.69, 9.17) is 9.47 Å². The summed E-state index contributed by atoms with van der Waals surface area (Å²) in [5, 5.41) is 2.20. The van der Waals surface area contributed by atoms with Crippen LogP contribution in [0.15, 0.2) is 6.07 Å². The van der Waals surface area contributed by atoms with Gasteiger partial charge in [-0.25, -0.2) is 13.2 Å². The number of carbonyl (C=O) groups is 1. The van der Waals surface area contributed by atoms with Gasteiger partial charge in [0.1, 0.15) is 0 Å². The normalized spacial score (nSPS) is 10.7. The summed E-state index contributed by atoms with van der Waals surface area (Å²) in [7, 11) is -0.778. The molecule has 0 saturated carbocycles. The zero-order valence-electron chi connectivity index (χ0n) is 10.4. The summed E-state index contributed by atoms with van der Waals surface area (Å²) in [6, 6.07) is 0.554. The zero-order valence-corrected chi connectivity index (χ0v) is 11.2. The number of methoxy groups -OCH3 is 2. The monoisotopic (exact) mass is 291 g/mol. The maximum absolute atomic E-state index is 11.3. The first kappa shape index (κ1) is 14.9. The van der Waals surface area contributed by atoms with E-state index in [-0.39, 0.29) is 17.7 Å². The fourth-order valence-corrected chi connectivity index (χ4v) is 1.22. The highest BCUT2D eigenvalue weighted by Crippen LogP contribution is 2.16. The molecule has 0 atom stereocenters. The molecule has 0 fully saturated rings. The number of carbonyl (C=O) groups excluding carboxylic acids is 1. The number of aromatic nitrogens is 2. The Kier molecular flexibility index (Phi) is 4.83. The number of ether oxygens (including phenoxy) is 2. The standard InChI is InChI=1S/C8H13N5O5S/c1-17-5-4-6(18-2)10-7(9-5)11-8(14)12-13-19(3,15)16/h4,13H,1-3H3,(H2,9,10,11,12,14). The van der Waals surface area contributed by atoms with Crippen LogP contribution in [0.3, 0.4) is 0 Å². The first-order chi connectivity index (χ1) is 8.84. The number of hydrazine groups is 1. The number of urea groups is 1. The number of amides is 2. The number of hydrogen-bond acceptors (Lipinski definition) is 7. The van der Waals surface area contributed by atoms with Gasteiger partial charge >= 0.3 is 6.03 Å². The van der Waals surface area contributed by atoms with Crippen LogP contribution < -0.4 is 25.0 Å². The van der Waals surface area contributed by atoms with E-state index >= 15 is 0 Å². The lowest BCUT2D eigenvalue weighted by molar-refractivity contribution is 0.250. The topological polar surface area (TPSA) is 132 Å².